The van der Waals surface area contributed by atoms with Crippen LogP contribution in [0.5, 0.6) is 0 Å². The van der Waals surface area contributed by atoms with E-state index in [4.69, 9.17) is 4.42 Å². The molecule has 0 saturated carbocycles. The Morgan fingerprint density at radius 2 is 2.13 bits per heavy atom. The number of carbonyl (C=O) groups is 1. The van der Waals surface area contributed by atoms with Crippen LogP contribution in [0.4, 0.5) is 0 Å². The number of hydrogen-bond acceptors (Lipinski definition) is 2. The molecule has 2 nitrogen and oxygen atoms in total. The molecule has 0 aliphatic rings. The third-order valence-electron chi connectivity index (χ3n) is 2.70. The van der Waals surface area contributed by atoms with Gasteiger partial charge in [-0.05, 0) is 30.5 Å². The maximum atomic E-state index is 11.2. The molecule has 0 aliphatic heterocycles. The van der Waals surface area contributed by atoms with Crippen molar-refractivity contribution >= 4 is 16.8 Å². The SMILES string of the molecule is CCc1ccc(C)c2oc(C(C)=O)cc12. The Morgan fingerprint density at radius 1 is 1.40 bits per heavy atom. The highest BCUT2D eigenvalue weighted by molar-refractivity contribution is 5.97. The van der Waals surface area contributed by atoms with Crippen LogP contribution in [0.25, 0.3) is 11.0 Å². The molecule has 0 unspecified atom stereocenters. The summed E-state index contributed by atoms with van der Waals surface area (Å²) in [6.45, 7) is 5.62. The van der Waals surface area contributed by atoms with Gasteiger partial charge < -0.3 is 4.42 Å². The molecule has 1 aromatic heterocycles. The first-order valence-corrected chi connectivity index (χ1v) is 5.16. The van der Waals surface area contributed by atoms with Gasteiger partial charge in [0.25, 0.3) is 0 Å². The van der Waals surface area contributed by atoms with Gasteiger partial charge in [0.15, 0.2) is 11.5 Å². The Labute approximate surface area is 88.9 Å². The van der Waals surface area contributed by atoms with E-state index >= 15 is 0 Å². The van der Waals surface area contributed by atoms with Crippen LogP contribution < -0.4 is 0 Å². The number of fused-ring (bicyclic) bond motifs is 1. The van der Waals surface area contributed by atoms with Gasteiger partial charge in [-0.1, -0.05) is 19.1 Å². The van der Waals surface area contributed by atoms with Crippen molar-refractivity contribution in [1.29, 1.82) is 0 Å². The summed E-state index contributed by atoms with van der Waals surface area (Å²) in [7, 11) is 0. The lowest BCUT2D eigenvalue weighted by molar-refractivity contribution is 0.0989. The van der Waals surface area contributed by atoms with Crippen molar-refractivity contribution in [1.82, 2.24) is 0 Å². The van der Waals surface area contributed by atoms with Crippen LogP contribution in [0.2, 0.25) is 0 Å². The number of carbonyl (C=O) groups excluding carboxylic acids is 1. The van der Waals surface area contributed by atoms with Gasteiger partial charge in [0.05, 0.1) is 0 Å². The summed E-state index contributed by atoms with van der Waals surface area (Å²) >= 11 is 0. The third-order valence-corrected chi connectivity index (χ3v) is 2.70. The Morgan fingerprint density at radius 3 is 2.73 bits per heavy atom. The average Bonchev–Trinajstić information content (AvgIpc) is 2.64. The molecular weight excluding hydrogens is 188 g/mol. The van der Waals surface area contributed by atoms with Crippen molar-refractivity contribution in [3.8, 4) is 0 Å². The van der Waals surface area contributed by atoms with E-state index in [0.717, 1.165) is 23.0 Å². The zero-order chi connectivity index (χ0) is 11.0. The second-order valence-electron chi connectivity index (χ2n) is 3.80. The van der Waals surface area contributed by atoms with E-state index in [0.29, 0.717) is 5.76 Å². The number of benzene rings is 1. The normalized spacial score (nSPS) is 10.9. The van der Waals surface area contributed by atoms with E-state index in [1.54, 1.807) is 0 Å². The minimum absolute atomic E-state index is 0.0207. The molecule has 0 radical (unpaired) electrons. The highest BCUT2D eigenvalue weighted by atomic mass is 16.3. The molecule has 2 aromatic rings. The van der Waals surface area contributed by atoms with E-state index in [1.807, 2.05) is 19.1 Å². The molecule has 15 heavy (non-hydrogen) atoms. The molecule has 1 heterocycles. The summed E-state index contributed by atoms with van der Waals surface area (Å²) in [6.07, 6.45) is 0.952. The zero-order valence-corrected chi connectivity index (χ0v) is 9.26. The molecule has 0 amide bonds. The Hall–Kier alpha value is -1.57. The van der Waals surface area contributed by atoms with Crippen molar-refractivity contribution in [2.75, 3.05) is 0 Å². The van der Waals surface area contributed by atoms with Gasteiger partial charge in [0, 0.05) is 12.3 Å². The smallest absolute Gasteiger partial charge is 0.194 e. The van der Waals surface area contributed by atoms with Crippen molar-refractivity contribution in [3.05, 3.63) is 35.1 Å². The van der Waals surface area contributed by atoms with Crippen LogP contribution in [-0.4, -0.2) is 5.78 Å². The highest BCUT2D eigenvalue weighted by Crippen LogP contribution is 2.26. The maximum absolute atomic E-state index is 11.2. The molecule has 2 rings (SSSR count). The van der Waals surface area contributed by atoms with Crippen LogP contribution in [0.15, 0.2) is 22.6 Å². The lowest BCUT2D eigenvalue weighted by Crippen LogP contribution is -1.85. The van der Waals surface area contributed by atoms with Crippen LogP contribution in [0.1, 0.15) is 35.5 Å². The minimum atomic E-state index is -0.0207. The summed E-state index contributed by atoms with van der Waals surface area (Å²) in [5, 5.41) is 1.07. The van der Waals surface area contributed by atoms with E-state index in [2.05, 4.69) is 13.0 Å². The summed E-state index contributed by atoms with van der Waals surface area (Å²) in [5.74, 6) is 0.432. The van der Waals surface area contributed by atoms with Crippen LogP contribution in [0, 0.1) is 6.92 Å². The number of rotatable bonds is 2. The monoisotopic (exact) mass is 202 g/mol. The molecule has 1 aromatic carbocycles. The van der Waals surface area contributed by atoms with Crippen LogP contribution in [0.3, 0.4) is 0 Å². The Bertz CT molecular complexity index is 521. The molecule has 0 N–H and O–H groups in total. The predicted molar refractivity (Wildman–Crippen MR) is 60.3 cm³/mol. The van der Waals surface area contributed by atoms with E-state index in [9.17, 15) is 4.79 Å². The lowest BCUT2D eigenvalue weighted by Gasteiger charge is -1.99. The number of hydrogen-bond donors (Lipinski definition) is 0. The first-order chi connectivity index (χ1) is 7.13. The molecule has 0 saturated heterocycles. The second kappa shape index (κ2) is 3.54. The fourth-order valence-corrected chi connectivity index (χ4v) is 1.80. The maximum Gasteiger partial charge on any atom is 0.194 e. The first kappa shape index (κ1) is 9.97. The predicted octanol–water partition coefficient (Wildman–Crippen LogP) is 3.51. The number of aryl methyl sites for hydroxylation is 2. The van der Waals surface area contributed by atoms with Gasteiger partial charge in [-0.2, -0.15) is 0 Å². The molecular formula is C13H14O2. The van der Waals surface area contributed by atoms with Crippen molar-refractivity contribution in [2.24, 2.45) is 0 Å². The fraction of sp³-hybridized carbons (Fsp3) is 0.308. The summed E-state index contributed by atoms with van der Waals surface area (Å²) < 4.78 is 5.55. The molecule has 0 fully saturated rings. The molecule has 0 atom stereocenters. The second-order valence-corrected chi connectivity index (χ2v) is 3.80. The minimum Gasteiger partial charge on any atom is -0.453 e. The van der Waals surface area contributed by atoms with Gasteiger partial charge in [-0.25, -0.2) is 0 Å². The highest BCUT2D eigenvalue weighted by Gasteiger charge is 2.11. The van der Waals surface area contributed by atoms with Crippen molar-refractivity contribution in [2.45, 2.75) is 27.2 Å². The molecule has 0 aliphatic carbocycles. The van der Waals surface area contributed by atoms with Crippen LogP contribution in [-0.2, 0) is 6.42 Å². The van der Waals surface area contributed by atoms with Gasteiger partial charge in [-0.3, -0.25) is 4.79 Å². The quantitative estimate of drug-likeness (QED) is 0.697. The Balaban J connectivity index is 2.77. The van der Waals surface area contributed by atoms with Crippen LogP contribution >= 0.6 is 0 Å². The first-order valence-electron chi connectivity index (χ1n) is 5.16. The van der Waals surface area contributed by atoms with Gasteiger partial charge in [0.1, 0.15) is 5.58 Å². The third kappa shape index (κ3) is 1.56. The fourth-order valence-electron chi connectivity index (χ4n) is 1.80. The van der Waals surface area contributed by atoms with E-state index < -0.39 is 0 Å². The van der Waals surface area contributed by atoms with Crippen molar-refractivity contribution < 1.29 is 9.21 Å². The number of furan rings is 1. The molecule has 0 spiro atoms. The van der Waals surface area contributed by atoms with Gasteiger partial charge >= 0.3 is 0 Å². The standard InChI is InChI=1S/C13H14O2/c1-4-10-6-5-8(2)13-11(10)7-12(15-13)9(3)14/h5-7H,4H2,1-3H3. The largest absolute Gasteiger partial charge is 0.453 e. The lowest BCUT2D eigenvalue weighted by atomic mass is 10.0. The number of ketones is 1. The van der Waals surface area contributed by atoms with Gasteiger partial charge in [-0.15, -0.1) is 0 Å². The molecule has 0 bridgehead atoms. The number of Topliss-reactive ketones (excluding diaryl/α,β-unsaturated/α-hetero) is 1. The van der Waals surface area contributed by atoms with Crippen molar-refractivity contribution in [3.63, 3.8) is 0 Å². The summed E-state index contributed by atoms with van der Waals surface area (Å²) in [4.78, 5) is 11.2. The topological polar surface area (TPSA) is 30.2 Å². The molecule has 78 valence electrons. The van der Waals surface area contributed by atoms with E-state index in [-0.39, 0.29) is 5.78 Å². The molecule has 2 heteroatoms. The summed E-state index contributed by atoms with van der Waals surface area (Å²) in [6, 6.07) is 5.98. The van der Waals surface area contributed by atoms with Gasteiger partial charge in [0.2, 0.25) is 0 Å². The summed E-state index contributed by atoms with van der Waals surface area (Å²) in [5.41, 5.74) is 3.15. The Kier molecular flexibility index (Phi) is 2.35. The average molecular weight is 202 g/mol. The van der Waals surface area contributed by atoms with E-state index in [1.165, 1.54) is 12.5 Å². The zero-order valence-electron chi connectivity index (χ0n) is 9.26.